The summed E-state index contributed by atoms with van der Waals surface area (Å²) >= 11 is 0. The van der Waals surface area contributed by atoms with Crippen molar-refractivity contribution >= 4 is 33.6 Å². The highest BCUT2D eigenvalue weighted by molar-refractivity contribution is 7.89. The van der Waals surface area contributed by atoms with Crippen LogP contribution in [0.2, 0.25) is 0 Å². The lowest BCUT2D eigenvalue weighted by Crippen LogP contribution is -2.42. The molecular weight excluding hydrogens is 464 g/mol. The van der Waals surface area contributed by atoms with Crippen LogP contribution in [0.5, 0.6) is 11.5 Å². The third-order valence-electron chi connectivity index (χ3n) is 5.45. The van der Waals surface area contributed by atoms with Crippen molar-refractivity contribution in [2.24, 2.45) is 0 Å². The number of urea groups is 1. The van der Waals surface area contributed by atoms with E-state index in [4.69, 9.17) is 9.47 Å². The van der Waals surface area contributed by atoms with Crippen LogP contribution in [-0.4, -0.2) is 70.3 Å². The number of nitrogens with zero attached hydrogens (tertiary/aromatic N) is 2. The standard InChI is InChI=1S/C22H26N4O7S/c1-22(14-6-9-16(32-4)10-7-14)20(28)26(21(29)24-22)13-19(27)23-15-8-11-17(33-5)18(12-15)34(30,31)25(2)3/h6-12H,13H2,1-5H3,(H,23,27)(H,24,29). The van der Waals surface area contributed by atoms with Crippen LogP contribution in [0.15, 0.2) is 47.4 Å². The summed E-state index contributed by atoms with van der Waals surface area (Å²) in [6.45, 7) is 0.993. The molecule has 0 aromatic heterocycles. The molecule has 11 nitrogen and oxygen atoms in total. The van der Waals surface area contributed by atoms with Crippen molar-refractivity contribution in [2.75, 3.05) is 40.2 Å². The summed E-state index contributed by atoms with van der Waals surface area (Å²) in [5, 5.41) is 5.15. The predicted octanol–water partition coefficient (Wildman–Crippen LogP) is 1.36. The number of rotatable bonds is 8. The Hall–Kier alpha value is -3.64. The second kappa shape index (κ2) is 9.31. The summed E-state index contributed by atoms with van der Waals surface area (Å²) in [6.07, 6.45) is 0. The van der Waals surface area contributed by atoms with Crippen LogP contribution in [0.4, 0.5) is 10.5 Å². The van der Waals surface area contributed by atoms with E-state index in [0.717, 1.165) is 9.21 Å². The van der Waals surface area contributed by atoms with Crippen molar-refractivity contribution in [2.45, 2.75) is 17.4 Å². The number of methoxy groups -OCH3 is 2. The molecule has 1 heterocycles. The molecule has 1 fully saturated rings. The van der Waals surface area contributed by atoms with Crippen LogP contribution < -0.4 is 20.1 Å². The van der Waals surface area contributed by atoms with E-state index in [1.165, 1.54) is 46.5 Å². The number of hydrogen-bond donors (Lipinski definition) is 2. The molecule has 2 N–H and O–H groups in total. The summed E-state index contributed by atoms with van der Waals surface area (Å²) in [7, 11) is 1.74. The topological polar surface area (TPSA) is 134 Å². The van der Waals surface area contributed by atoms with E-state index in [-0.39, 0.29) is 16.3 Å². The van der Waals surface area contributed by atoms with Crippen molar-refractivity contribution in [3.63, 3.8) is 0 Å². The van der Waals surface area contributed by atoms with Gasteiger partial charge in [-0.25, -0.2) is 17.5 Å². The molecule has 12 heteroatoms. The zero-order valence-electron chi connectivity index (χ0n) is 19.4. The van der Waals surface area contributed by atoms with Gasteiger partial charge in [-0.1, -0.05) is 12.1 Å². The highest BCUT2D eigenvalue weighted by atomic mass is 32.2. The lowest BCUT2D eigenvalue weighted by atomic mass is 9.92. The molecule has 4 amide bonds. The molecular formula is C22H26N4O7S. The molecule has 182 valence electrons. The number of imide groups is 1. The van der Waals surface area contributed by atoms with Gasteiger partial charge in [0.05, 0.1) is 14.2 Å². The van der Waals surface area contributed by atoms with Crippen LogP contribution in [0.1, 0.15) is 12.5 Å². The van der Waals surface area contributed by atoms with Crippen LogP contribution in [0, 0.1) is 0 Å². The Morgan fingerprint density at radius 2 is 1.74 bits per heavy atom. The van der Waals surface area contributed by atoms with Gasteiger partial charge in [-0.2, -0.15) is 0 Å². The number of amides is 4. The maximum atomic E-state index is 13.1. The summed E-state index contributed by atoms with van der Waals surface area (Å²) in [5.74, 6) is -0.573. The van der Waals surface area contributed by atoms with Crippen molar-refractivity contribution in [3.8, 4) is 11.5 Å². The van der Waals surface area contributed by atoms with E-state index >= 15 is 0 Å². The Morgan fingerprint density at radius 1 is 1.09 bits per heavy atom. The van der Waals surface area contributed by atoms with E-state index in [9.17, 15) is 22.8 Å². The van der Waals surface area contributed by atoms with E-state index in [1.54, 1.807) is 31.2 Å². The van der Waals surface area contributed by atoms with Gasteiger partial charge in [0.1, 0.15) is 28.5 Å². The average molecular weight is 491 g/mol. The van der Waals surface area contributed by atoms with Crippen molar-refractivity contribution in [1.82, 2.24) is 14.5 Å². The first-order valence-corrected chi connectivity index (χ1v) is 11.6. The minimum Gasteiger partial charge on any atom is -0.497 e. The Bertz CT molecular complexity index is 1230. The SMILES string of the molecule is COc1ccc(C2(C)NC(=O)N(CC(=O)Nc3ccc(OC)c(S(=O)(=O)N(C)C)c3)C2=O)cc1. The molecule has 34 heavy (non-hydrogen) atoms. The lowest BCUT2D eigenvalue weighted by Gasteiger charge is -2.22. The summed E-state index contributed by atoms with van der Waals surface area (Å²) in [6, 6.07) is 10.0. The molecule has 0 radical (unpaired) electrons. The van der Waals surface area contributed by atoms with Gasteiger partial charge in [0.15, 0.2) is 0 Å². The third-order valence-corrected chi connectivity index (χ3v) is 7.29. The number of hydrogen-bond acceptors (Lipinski definition) is 7. The number of sulfonamides is 1. The fraction of sp³-hybridized carbons (Fsp3) is 0.318. The smallest absolute Gasteiger partial charge is 0.325 e. The zero-order valence-corrected chi connectivity index (χ0v) is 20.2. The minimum atomic E-state index is -3.85. The van der Waals surface area contributed by atoms with Crippen LogP contribution in [0.25, 0.3) is 0 Å². The maximum Gasteiger partial charge on any atom is 0.325 e. The second-order valence-corrected chi connectivity index (χ2v) is 10.00. The van der Waals surface area contributed by atoms with Gasteiger partial charge >= 0.3 is 6.03 Å². The third kappa shape index (κ3) is 4.54. The minimum absolute atomic E-state index is 0.107. The van der Waals surface area contributed by atoms with Gasteiger partial charge in [0.25, 0.3) is 5.91 Å². The van der Waals surface area contributed by atoms with E-state index in [1.807, 2.05) is 0 Å². The molecule has 2 aromatic rings. The van der Waals surface area contributed by atoms with Crippen molar-refractivity contribution < 1.29 is 32.3 Å². The fourth-order valence-electron chi connectivity index (χ4n) is 3.46. The largest absolute Gasteiger partial charge is 0.497 e. The van der Waals surface area contributed by atoms with Gasteiger partial charge in [0, 0.05) is 19.8 Å². The predicted molar refractivity (Wildman–Crippen MR) is 123 cm³/mol. The molecule has 0 saturated carbocycles. The number of nitrogens with one attached hydrogen (secondary N) is 2. The quantitative estimate of drug-likeness (QED) is 0.534. The molecule has 1 aliphatic rings. The molecule has 1 saturated heterocycles. The molecule has 1 aliphatic heterocycles. The van der Waals surface area contributed by atoms with Crippen LogP contribution in [0.3, 0.4) is 0 Å². The van der Waals surface area contributed by atoms with Gasteiger partial charge in [-0.3, -0.25) is 14.5 Å². The first-order chi connectivity index (χ1) is 15.9. The van der Waals surface area contributed by atoms with E-state index in [2.05, 4.69) is 10.6 Å². The number of anilines is 1. The molecule has 2 aromatic carbocycles. The van der Waals surface area contributed by atoms with E-state index in [0.29, 0.717) is 11.3 Å². The molecule has 0 bridgehead atoms. The van der Waals surface area contributed by atoms with Gasteiger partial charge in [-0.15, -0.1) is 0 Å². The monoisotopic (exact) mass is 490 g/mol. The Morgan fingerprint density at radius 3 is 2.29 bits per heavy atom. The Balaban J connectivity index is 1.78. The highest BCUT2D eigenvalue weighted by Gasteiger charge is 2.49. The number of carbonyl (C=O) groups excluding carboxylic acids is 3. The van der Waals surface area contributed by atoms with Gasteiger partial charge in [-0.05, 0) is 42.8 Å². The fourth-order valence-corrected chi connectivity index (χ4v) is 4.53. The van der Waals surface area contributed by atoms with Gasteiger partial charge in [0.2, 0.25) is 15.9 Å². The Labute approximate surface area is 197 Å². The lowest BCUT2D eigenvalue weighted by molar-refractivity contribution is -0.133. The van der Waals surface area contributed by atoms with Crippen LogP contribution in [-0.2, 0) is 25.2 Å². The summed E-state index contributed by atoms with van der Waals surface area (Å²) < 4.78 is 36.4. The average Bonchev–Trinajstić information content (AvgIpc) is 3.02. The Kier molecular flexibility index (Phi) is 6.84. The van der Waals surface area contributed by atoms with Crippen molar-refractivity contribution in [1.29, 1.82) is 0 Å². The molecule has 0 spiro atoms. The van der Waals surface area contributed by atoms with Gasteiger partial charge < -0.3 is 20.1 Å². The molecule has 3 rings (SSSR count). The second-order valence-electron chi connectivity index (χ2n) is 7.88. The first kappa shape index (κ1) is 25.0. The number of ether oxygens (including phenoxy) is 2. The highest BCUT2D eigenvalue weighted by Crippen LogP contribution is 2.31. The summed E-state index contributed by atoms with van der Waals surface area (Å²) in [4.78, 5) is 38.9. The number of carbonyl (C=O) groups is 3. The maximum absolute atomic E-state index is 13.1. The van der Waals surface area contributed by atoms with Crippen molar-refractivity contribution in [3.05, 3.63) is 48.0 Å². The van der Waals surface area contributed by atoms with Crippen LogP contribution >= 0.6 is 0 Å². The molecule has 1 unspecified atom stereocenters. The summed E-state index contributed by atoms with van der Waals surface area (Å²) in [5.41, 5.74) is -0.657. The molecule has 1 atom stereocenters. The first-order valence-electron chi connectivity index (χ1n) is 10.1. The number of benzene rings is 2. The zero-order chi connectivity index (χ0) is 25.3. The normalized spacial score (nSPS) is 18.1. The molecule has 0 aliphatic carbocycles. The van der Waals surface area contributed by atoms with E-state index < -0.39 is 40.0 Å².